The summed E-state index contributed by atoms with van der Waals surface area (Å²) in [6.45, 7) is 0. The summed E-state index contributed by atoms with van der Waals surface area (Å²) in [5, 5.41) is 4.04. The smallest absolute Gasteiger partial charge is 0.243 e. The van der Waals surface area contributed by atoms with E-state index in [2.05, 4.69) is 10.5 Å². The molecule has 1 N–H and O–H groups in total. The molecular formula is C16H22N2O3. The first-order chi connectivity index (χ1) is 10.3. The molecule has 0 aromatic heterocycles. The zero-order chi connectivity index (χ0) is 15.1. The van der Waals surface area contributed by atoms with Gasteiger partial charge in [0, 0.05) is 11.5 Å². The van der Waals surface area contributed by atoms with Crippen LogP contribution in [0.1, 0.15) is 37.7 Å². The fourth-order valence-electron chi connectivity index (χ4n) is 2.64. The lowest BCUT2D eigenvalue weighted by atomic mass is 9.89. The summed E-state index contributed by atoms with van der Waals surface area (Å²) in [7, 11) is 3.17. The van der Waals surface area contributed by atoms with Crippen molar-refractivity contribution in [1.29, 1.82) is 0 Å². The fourth-order valence-corrected chi connectivity index (χ4v) is 2.64. The van der Waals surface area contributed by atoms with Crippen molar-refractivity contribution in [2.45, 2.75) is 32.1 Å². The van der Waals surface area contributed by atoms with Crippen LogP contribution in [-0.4, -0.2) is 26.3 Å². The van der Waals surface area contributed by atoms with Crippen LogP contribution in [0, 0.1) is 5.92 Å². The van der Waals surface area contributed by atoms with E-state index in [9.17, 15) is 4.79 Å². The minimum absolute atomic E-state index is 0.00723. The number of rotatable bonds is 5. The van der Waals surface area contributed by atoms with Crippen LogP contribution in [0.4, 0.5) is 0 Å². The highest BCUT2D eigenvalue weighted by Crippen LogP contribution is 2.29. The Morgan fingerprint density at radius 2 is 2.00 bits per heavy atom. The molecule has 21 heavy (non-hydrogen) atoms. The van der Waals surface area contributed by atoms with Gasteiger partial charge in [0.15, 0.2) is 11.5 Å². The molecule has 0 bridgehead atoms. The average molecular weight is 290 g/mol. The normalized spacial score (nSPS) is 15.9. The quantitative estimate of drug-likeness (QED) is 0.670. The molecule has 0 unspecified atom stereocenters. The van der Waals surface area contributed by atoms with E-state index in [0.717, 1.165) is 31.2 Å². The van der Waals surface area contributed by atoms with Crippen molar-refractivity contribution in [3.63, 3.8) is 0 Å². The Kier molecular flexibility index (Phi) is 5.60. The molecule has 0 atom stereocenters. The van der Waals surface area contributed by atoms with Crippen molar-refractivity contribution in [2.24, 2.45) is 11.0 Å². The van der Waals surface area contributed by atoms with E-state index >= 15 is 0 Å². The molecule has 5 heteroatoms. The maximum atomic E-state index is 12.0. The third-order valence-corrected chi connectivity index (χ3v) is 3.79. The Hall–Kier alpha value is -2.04. The van der Waals surface area contributed by atoms with Gasteiger partial charge >= 0.3 is 0 Å². The molecule has 1 aromatic rings. The van der Waals surface area contributed by atoms with Gasteiger partial charge in [-0.2, -0.15) is 5.10 Å². The van der Waals surface area contributed by atoms with E-state index < -0.39 is 0 Å². The van der Waals surface area contributed by atoms with Gasteiger partial charge in [-0.1, -0.05) is 25.3 Å². The monoisotopic (exact) mass is 290 g/mol. The summed E-state index contributed by atoms with van der Waals surface area (Å²) >= 11 is 0. The van der Waals surface area contributed by atoms with Gasteiger partial charge in [-0.05, 0) is 25.0 Å². The number of methoxy groups -OCH3 is 2. The van der Waals surface area contributed by atoms with Gasteiger partial charge in [-0.15, -0.1) is 0 Å². The maximum Gasteiger partial charge on any atom is 0.243 e. The minimum atomic E-state index is 0.00723. The maximum absolute atomic E-state index is 12.0. The largest absolute Gasteiger partial charge is 0.493 e. The summed E-state index contributed by atoms with van der Waals surface area (Å²) in [6.07, 6.45) is 7.00. The predicted octanol–water partition coefficient (Wildman–Crippen LogP) is 2.73. The van der Waals surface area contributed by atoms with E-state index in [4.69, 9.17) is 9.47 Å². The van der Waals surface area contributed by atoms with Crippen molar-refractivity contribution < 1.29 is 14.3 Å². The second-order valence-corrected chi connectivity index (χ2v) is 5.15. The highest BCUT2D eigenvalue weighted by atomic mass is 16.5. The molecule has 0 aliphatic heterocycles. The number of hydrazone groups is 1. The molecule has 1 saturated carbocycles. The van der Waals surface area contributed by atoms with Crippen LogP contribution in [0.3, 0.4) is 0 Å². The van der Waals surface area contributed by atoms with E-state index in [-0.39, 0.29) is 11.8 Å². The second kappa shape index (κ2) is 7.67. The number of hydrogen-bond acceptors (Lipinski definition) is 4. The fraction of sp³-hybridized carbons (Fsp3) is 0.500. The highest BCUT2D eigenvalue weighted by molar-refractivity contribution is 5.86. The van der Waals surface area contributed by atoms with Crippen molar-refractivity contribution in [1.82, 2.24) is 5.43 Å². The summed E-state index contributed by atoms with van der Waals surface area (Å²) < 4.78 is 10.5. The Bertz CT molecular complexity index is 508. The van der Waals surface area contributed by atoms with Gasteiger partial charge in [0.2, 0.25) is 5.91 Å². The van der Waals surface area contributed by atoms with Crippen molar-refractivity contribution in [2.75, 3.05) is 14.2 Å². The zero-order valence-corrected chi connectivity index (χ0v) is 12.6. The molecule has 0 radical (unpaired) electrons. The molecule has 0 spiro atoms. The van der Waals surface area contributed by atoms with Gasteiger partial charge < -0.3 is 9.47 Å². The molecule has 1 aliphatic rings. The lowest BCUT2D eigenvalue weighted by Crippen LogP contribution is -2.28. The summed E-state index contributed by atoms with van der Waals surface area (Å²) in [4.78, 5) is 12.0. The number of carbonyl (C=O) groups is 1. The average Bonchev–Trinajstić information content (AvgIpc) is 2.55. The third-order valence-electron chi connectivity index (χ3n) is 3.79. The van der Waals surface area contributed by atoms with Crippen LogP contribution in [0.5, 0.6) is 11.5 Å². The van der Waals surface area contributed by atoms with E-state index in [0.29, 0.717) is 11.5 Å². The molecule has 0 heterocycles. The van der Waals surface area contributed by atoms with Gasteiger partial charge in [-0.25, -0.2) is 5.43 Å². The number of amides is 1. The minimum Gasteiger partial charge on any atom is -0.493 e. The predicted molar refractivity (Wildman–Crippen MR) is 81.9 cm³/mol. The van der Waals surface area contributed by atoms with Crippen molar-refractivity contribution >= 4 is 12.1 Å². The molecule has 114 valence electrons. The Morgan fingerprint density at radius 1 is 1.24 bits per heavy atom. The summed E-state index contributed by atoms with van der Waals surface area (Å²) in [6, 6.07) is 5.53. The Morgan fingerprint density at radius 3 is 2.67 bits per heavy atom. The number of hydrogen-bond donors (Lipinski definition) is 1. The third kappa shape index (κ3) is 3.97. The molecule has 5 nitrogen and oxygen atoms in total. The first kappa shape index (κ1) is 15.4. The summed E-state index contributed by atoms with van der Waals surface area (Å²) in [5.74, 6) is 1.35. The lowest BCUT2D eigenvalue weighted by molar-refractivity contribution is -0.125. The molecule has 1 aromatic carbocycles. The topological polar surface area (TPSA) is 59.9 Å². The van der Waals surface area contributed by atoms with Crippen LogP contribution >= 0.6 is 0 Å². The zero-order valence-electron chi connectivity index (χ0n) is 12.6. The van der Waals surface area contributed by atoms with E-state index in [1.165, 1.54) is 6.42 Å². The van der Waals surface area contributed by atoms with E-state index in [1.807, 2.05) is 18.2 Å². The number of nitrogens with one attached hydrogen (secondary N) is 1. The number of para-hydroxylation sites is 1. The molecule has 1 amide bonds. The van der Waals surface area contributed by atoms with Gasteiger partial charge in [-0.3, -0.25) is 4.79 Å². The van der Waals surface area contributed by atoms with Crippen LogP contribution in [0.25, 0.3) is 0 Å². The number of ether oxygens (including phenoxy) is 2. The van der Waals surface area contributed by atoms with Gasteiger partial charge in [0.05, 0.1) is 20.4 Å². The van der Waals surface area contributed by atoms with E-state index in [1.54, 1.807) is 20.4 Å². The Labute approximate surface area is 125 Å². The van der Waals surface area contributed by atoms with Crippen LogP contribution < -0.4 is 14.9 Å². The highest BCUT2D eigenvalue weighted by Gasteiger charge is 2.20. The number of nitrogens with zero attached hydrogens (tertiary/aromatic N) is 1. The van der Waals surface area contributed by atoms with Crippen molar-refractivity contribution in [3.8, 4) is 11.5 Å². The standard InChI is InChI=1S/C16H22N2O3/c1-20-14-10-6-9-13(15(14)21-2)11-17-18-16(19)12-7-4-3-5-8-12/h6,9-12H,3-5,7-8H2,1-2H3,(H,18,19). The van der Waals surface area contributed by atoms with Crippen LogP contribution in [0.15, 0.2) is 23.3 Å². The second-order valence-electron chi connectivity index (χ2n) is 5.15. The van der Waals surface area contributed by atoms with Crippen LogP contribution in [-0.2, 0) is 4.79 Å². The molecule has 0 saturated heterocycles. The summed E-state index contributed by atoms with van der Waals surface area (Å²) in [5.41, 5.74) is 3.39. The molecule has 1 fully saturated rings. The van der Waals surface area contributed by atoms with Crippen molar-refractivity contribution in [3.05, 3.63) is 23.8 Å². The Balaban J connectivity index is 1.99. The number of carbonyl (C=O) groups excluding carboxylic acids is 1. The van der Waals surface area contributed by atoms with Gasteiger partial charge in [0.25, 0.3) is 0 Å². The first-order valence-corrected chi connectivity index (χ1v) is 7.30. The number of benzene rings is 1. The lowest BCUT2D eigenvalue weighted by Gasteiger charge is -2.19. The molecular weight excluding hydrogens is 268 g/mol. The molecule has 1 aliphatic carbocycles. The van der Waals surface area contributed by atoms with Gasteiger partial charge in [0.1, 0.15) is 0 Å². The molecule has 2 rings (SSSR count). The first-order valence-electron chi connectivity index (χ1n) is 7.30. The SMILES string of the molecule is COc1cccc(C=NNC(=O)C2CCCCC2)c1OC. The van der Waals surface area contributed by atoms with Crippen LogP contribution in [0.2, 0.25) is 0 Å².